The molecular weight excluding hydrogens is 366 g/mol. The third kappa shape index (κ3) is 4.02. The molecule has 1 heterocycles. The van der Waals surface area contributed by atoms with Gasteiger partial charge in [-0.1, -0.05) is 0 Å². The number of nitro groups is 1. The summed E-state index contributed by atoms with van der Waals surface area (Å²) < 4.78 is 15.7. The van der Waals surface area contributed by atoms with Gasteiger partial charge < -0.3 is 19.1 Å². The number of hydrogen-bond donors (Lipinski definition) is 0. The monoisotopic (exact) mass is 383 g/mol. The predicted molar refractivity (Wildman–Crippen MR) is 98.8 cm³/mol. The van der Waals surface area contributed by atoms with Gasteiger partial charge in [-0.25, -0.2) is 4.79 Å². The summed E-state index contributed by atoms with van der Waals surface area (Å²) in [6, 6.07) is 10.5. The topological polar surface area (TPSA) is 115 Å². The largest absolute Gasteiger partial charge is 0.493 e. The highest BCUT2D eigenvalue weighted by atomic mass is 16.6. The van der Waals surface area contributed by atoms with Crippen LogP contribution in [0.5, 0.6) is 11.5 Å². The van der Waals surface area contributed by atoms with Crippen LogP contribution in [0.15, 0.2) is 36.4 Å². The number of carbonyl (C=O) groups excluding carboxylic acids is 1. The number of nitriles is 1. The minimum atomic E-state index is -0.764. The van der Waals surface area contributed by atoms with Crippen molar-refractivity contribution >= 4 is 17.3 Å². The van der Waals surface area contributed by atoms with E-state index in [1.165, 1.54) is 43.5 Å². The van der Waals surface area contributed by atoms with Gasteiger partial charge in [-0.15, -0.1) is 0 Å². The molecule has 0 N–H and O–H groups in total. The summed E-state index contributed by atoms with van der Waals surface area (Å²) in [7, 11) is 1.38. The van der Waals surface area contributed by atoms with Crippen molar-refractivity contribution in [2.45, 2.75) is 0 Å². The van der Waals surface area contributed by atoms with Gasteiger partial charge in [0.15, 0.2) is 11.5 Å². The number of esters is 1. The van der Waals surface area contributed by atoms with Crippen LogP contribution in [0.1, 0.15) is 15.9 Å². The molecular formula is C19H17N3O6. The number of benzene rings is 2. The highest BCUT2D eigenvalue weighted by Gasteiger charge is 2.24. The molecule has 0 aliphatic carbocycles. The zero-order valence-corrected chi connectivity index (χ0v) is 15.1. The summed E-state index contributed by atoms with van der Waals surface area (Å²) in [6.07, 6.45) is 0. The summed E-state index contributed by atoms with van der Waals surface area (Å²) in [4.78, 5) is 25.3. The zero-order valence-electron chi connectivity index (χ0n) is 15.1. The Kier molecular flexibility index (Phi) is 5.72. The van der Waals surface area contributed by atoms with Crippen LogP contribution in [-0.2, 0) is 4.74 Å². The second-order valence-corrected chi connectivity index (χ2v) is 5.93. The number of nitrogens with zero attached hydrogens (tertiary/aromatic N) is 3. The van der Waals surface area contributed by atoms with Crippen LogP contribution in [-0.4, -0.2) is 44.3 Å². The van der Waals surface area contributed by atoms with E-state index in [9.17, 15) is 14.9 Å². The van der Waals surface area contributed by atoms with Gasteiger partial charge in [-0.3, -0.25) is 10.1 Å². The highest BCUT2D eigenvalue weighted by Crippen LogP contribution is 2.32. The lowest BCUT2D eigenvalue weighted by atomic mass is 10.1. The van der Waals surface area contributed by atoms with E-state index in [-0.39, 0.29) is 22.7 Å². The molecule has 144 valence electrons. The van der Waals surface area contributed by atoms with Crippen molar-refractivity contribution in [1.29, 1.82) is 5.26 Å². The van der Waals surface area contributed by atoms with Crippen molar-refractivity contribution in [1.82, 2.24) is 0 Å². The van der Waals surface area contributed by atoms with Crippen LogP contribution in [0.25, 0.3) is 0 Å². The number of carbonyl (C=O) groups is 1. The average molecular weight is 383 g/mol. The SMILES string of the molecule is COc1cc(C#N)ccc1OC(=O)c1ccc(N2CCOCC2)c([N+](=O)[O-])c1. The number of rotatable bonds is 5. The Hall–Kier alpha value is -3.64. The normalized spacial score (nSPS) is 13.5. The second kappa shape index (κ2) is 8.37. The Balaban J connectivity index is 1.87. The Morgan fingerprint density at radius 1 is 1.21 bits per heavy atom. The molecule has 9 heteroatoms. The molecule has 1 fully saturated rings. The van der Waals surface area contributed by atoms with Crippen molar-refractivity contribution in [3.8, 4) is 17.6 Å². The summed E-state index contributed by atoms with van der Waals surface area (Å²) in [5, 5.41) is 20.4. The van der Waals surface area contributed by atoms with E-state index in [1.54, 1.807) is 0 Å². The van der Waals surface area contributed by atoms with Crippen molar-refractivity contribution in [3.05, 3.63) is 57.6 Å². The number of hydrogen-bond acceptors (Lipinski definition) is 8. The fourth-order valence-electron chi connectivity index (χ4n) is 2.85. The maximum Gasteiger partial charge on any atom is 0.343 e. The molecule has 0 amide bonds. The summed E-state index contributed by atoms with van der Waals surface area (Å²) >= 11 is 0. The first-order chi connectivity index (χ1) is 13.5. The number of ether oxygens (including phenoxy) is 3. The first-order valence-electron chi connectivity index (χ1n) is 8.45. The van der Waals surface area contributed by atoms with Gasteiger partial charge >= 0.3 is 5.97 Å². The third-order valence-corrected chi connectivity index (χ3v) is 4.25. The van der Waals surface area contributed by atoms with Gasteiger partial charge in [0.2, 0.25) is 0 Å². The van der Waals surface area contributed by atoms with E-state index in [2.05, 4.69) is 0 Å². The lowest BCUT2D eigenvalue weighted by Crippen LogP contribution is -2.36. The van der Waals surface area contributed by atoms with Crippen molar-refractivity contribution < 1.29 is 23.9 Å². The van der Waals surface area contributed by atoms with Crippen molar-refractivity contribution in [2.75, 3.05) is 38.3 Å². The van der Waals surface area contributed by atoms with E-state index < -0.39 is 10.9 Å². The summed E-state index contributed by atoms with van der Waals surface area (Å²) in [5.41, 5.74) is 0.640. The van der Waals surface area contributed by atoms with Crippen LogP contribution in [0.4, 0.5) is 11.4 Å². The number of methoxy groups -OCH3 is 1. The fourth-order valence-corrected chi connectivity index (χ4v) is 2.85. The minimum absolute atomic E-state index is 0.0372. The van der Waals surface area contributed by atoms with Gasteiger partial charge in [0, 0.05) is 25.2 Å². The molecule has 2 aromatic carbocycles. The van der Waals surface area contributed by atoms with Crippen LogP contribution in [0.3, 0.4) is 0 Å². The molecule has 0 unspecified atom stereocenters. The minimum Gasteiger partial charge on any atom is -0.493 e. The van der Waals surface area contributed by atoms with E-state index in [0.717, 1.165) is 0 Å². The summed E-state index contributed by atoms with van der Waals surface area (Å²) in [5.74, 6) is -0.433. The van der Waals surface area contributed by atoms with E-state index in [0.29, 0.717) is 37.6 Å². The molecule has 0 spiro atoms. The number of morpholine rings is 1. The molecule has 1 saturated heterocycles. The van der Waals surface area contributed by atoms with Crippen molar-refractivity contribution in [3.63, 3.8) is 0 Å². The van der Waals surface area contributed by atoms with Gasteiger partial charge in [-0.05, 0) is 24.3 Å². The van der Waals surface area contributed by atoms with Gasteiger partial charge in [0.25, 0.3) is 5.69 Å². The molecule has 3 rings (SSSR count). The number of anilines is 1. The molecule has 0 bridgehead atoms. The predicted octanol–water partition coefficient (Wildman–Crippen LogP) is 2.53. The molecule has 0 radical (unpaired) electrons. The molecule has 0 aromatic heterocycles. The Morgan fingerprint density at radius 2 is 1.96 bits per heavy atom. The molecule has 0 atom stereocenters. The zero-order chi connectivity index (χ0) is 20.1. The van der Waals surface area contributed by atoms with E-state index in [1.807, 2.05) is 11.0 Å². The molecule has 1 aliphatic rings. The van der Waals surface area contributed by atoms with Crippen LogP contribution in [0, 0.1) is 21.4 Å². The lowest BCUT2D eigenvalue weighted by molar-refractivity contribution is -0.384. The standard InChI is InChI=1S/C19H17N3O6/c1-26-18-10-13(12-20)2-5-17(18)28-19(23)14-3-4-15(16(11-14)22(24)25)21-6-8-27-9-7-21/h2-5,10-11H,6-9H2,1H3. The van der Waals surface area contributed by atoms with Gasteiger partial charge in [0.05, 0.1) is 42.4 Å². The fraction of sp³-hybridized carbons (Fsp3) is 0.263. The lowest BCUT2D eigenvalue weighted by Gasteiger charge is -2.28. The van der Waals surface area contributed by atoms with Crippen LogP contribution in [0.2, 0.25) is 0 Å². The van der Waals surface area contributed by atoms with Gasteiger partial charge in [0.1, 0.15) is 5.69 Å². The smallest absolute Gasteiger partial charge is 0.343 e. The van der Waals surface area contributed by atoms with Crippen LogP contribution >= 0.6 is 0 Å². The van der Waals surface area contributed by atoms with Crippen LogP contribution < -0.4 is 14.4 Å². The molecule has 9 nitrogen and oxygen atoms in total. The molecule has 1 aliphatic heterocycles. The number of nitro benzene ring substituents is 1. The Bertz CT molecular complexity index is 947. The second-order valence-electron chi connectivity index (χ2n) is 5.93. The maximum atomic E-state index is 12.5. The first-order valence-corrected chi connectivity index (χ1v) is 8.45. The van der Waals surface area contributed by atoms with Gasteiger partial charge in [-0.2, -0.15) is 5.26 Å². The summed E-state index contributed by atoms with van der Waals surface area (Å²) in [6.45, 7) is 2.04. The molecule has 0 saturated carbocycles. The Morgan fingerprint density at radius 3 is 2.61 bits per heavy atom. The third-order valence-electron chi connectivity index (χ3n) is 4.25. The average Bonchev–Trinajstić information content (AvgIpc) is 2.74. The quantitative estimate of drug-likeness (QED) is 0.335. The highest BCUT2D eigenvalue weighted by molar-refractivity contribution is 5.93. The molecule has 28 heavy (non-hydrogen) atoms. The molecule has 2 aromatic rings. The first kappa shape index (κ1) is 19.1. The Labute approximate surface area is 160 Å². The van der Waals surface area contributed by atoms with Crippen molar-refractivity contribution in [2.24, 2.45) is 0 Å². The maximum absolute atomic E-state index is 12.5. The van der Waals surface area contributed by atoms with E-state index >= 15 is 0 Å². The van der Waals surface area contributed by atoms with E-state index in [4.69, 9.17) is 19.5 Å².